The summed E-state index contributed by atoms with van der Waals surface area (Å²) in [5, 5.41) is 0. The van der Waals surface area contributed by atoms with Crippen molar-refractivity contribution in [3.63, 3.8) is 0 Å². The lowest BCUT2D eigenvalue weighted by molar-refractivity contribution is 0.613. The first-order valence-electron chi connectivity index (χ1n) is 6.12. The summed E-state index contributed by atoms with van der Waals surface area (Å²) in [6, 6.07) is 2.41. The molecule has 1 aromatic rings. The molecular formula is C11H20N6. The zero-order chi connectivity index (χ0) is 12.3. The maximum absolute atomic E-state index is 5.68. The molecule has 0 unspecified atom stereocenters. The Labute approximate surface area is 101 Å². The first-order chi connectivity index (χ1) is 8.24. The number of aromatic nitrogens is 2. The van der Waals surface area contributed by atoms with Gasteiger partial charge in [-0.25, -0.2) is 5.84 Å². The topological polar surface area (TPSA) is 93.1 Å². The van der Waals surface area contributed by atoms with E-state index in [4.69, 9.17) is 11.6 Å². The van der Waals surface area contributed by atoms with Crippen LogP contribution in [0.4, 0.5) is 17.6 Å². The Morgan fingerprint density at radius 3 is 2.71 bits per heavy atom. The number of hydrogen-bond donors (Lipinski definition) is 3. The van der Waals surface area contributed by atoms with Crippen molar-refractivity contribution in [1.29, 1.82) is 0 Å². The third-order valence-corrected chi connectivity index (χ3v) is 3.28. The molecule has 1 saturated carbocycles. The molecule has 1 aliphatic carbocycles. The van der Waals surface area contributed by atoms with E-state index >= 15 is 0 Å². The summed E-state index contributed by atoms with van der Waals surface area (Å²) >= 11 is 0. The van der Waals surface area contributed by atoms with Gasteiger partial charge in [-0.05, 0) is 19.8 Å². The molecule has 0 saturated heterocycles. The van der Waals surface area contributed by atoms with Crippen LogP contribution in [0.25, 0.3) is 0 Å². The Kier molecular flexibility index (Phi) is 3.63. The second-order valence-corrected chi connectivity index (χ2v) is 4.34. The van der Waals surface area contributed by atoms with E-state index in [1.165, 1.54) is 25.7 Å². The van der Waals surface area contributed by atoms with Crippen molar-refractivity contribution in [1.82, 2.24) is 9.97 Å². The van der Waals surface area contributed by atoms with Crippen LogP contribution in [0, 0.1) is 0 Å². The third-order valence-electron chi connectivity index (χ3n) is 3.28. The fourth-order valence-electron chi connectivity index (χ4n) is 2.50. The maximum atomic E-state index is 5.68. The van der Waals surface area contributed by atoms with Gasteiger partial charge in [0.25, 0.3) is 0 Å². The van der Waals surface area contributed by atoms with Crippen LogP contribution in [0.3, 0.4) is 0 Å². The van der Waals surface area contributed by atoms with Crippen LogP contribution in [0.1, 0.15) is 32.6 Å². The molecule has 94 valence electrons. The van der Waals surface area contributed by atoms with E-state index in [-0.39, 0.29) is 5.95 Å². The van der Waals surface area contributed by atoms with E-state index in [2.05, 4.69) is 27.2 Å². The van der Waals surface area contributed by atoms with Crippen LogP contribution in [-0.2, 0) is 0 Å². The Bertz CT molecular complexity index is 374. The number of hydrogen-bond acceptors (Lipinski definition) is 6. The van der Waals surface area contributed by atoms with Crippen molar-refractivity contribution in [2.24, 2.45) is 5.84 Å². The number of nitrogens with one attached hydrogen (secondary N) is 1. The predicted octanol–water partition coefficient (Wildman–Crippen LogP) is 1.11. The molecule has 0 spiro atoms. The lowest BCUT2D eigenvalue weighted by Gasteiger charge is -2.29. The molecule has 6 nitrogen and oxygen atoms in total. The van der Waals surface area contributed by atoms with E-state index in [0.29, 0.717) is 11.9 Å². The lowest BCUT2D eigenvalue weighted by Crippen LogP contribution is -2.34. The minimum atomic E-state index is 0.256. The van der Waals surface area contributed by atoms with Crippen molar-refractivity contribution in [2.45, 2.75) is 38.6 Å². The zero-order valence-corrected chi connectivity index (χ0v) is 10.2. The Morgan fingerprint density at radius 1 is 1.41 bits per heavy atom. The van der Waals surface area contributed by atoms with Gasteiger partial charge in [0.15, 0.2) is 0 Å². The average Bonchev–Trinajstić information content (AvgIpc) is 2.83. The van der Waals surface area contributed by atoms with Crippen LogP contribution < -0.4 is 21.9 Å². The molecule has 6 heteroatoms. The second-order valence-electron chi connectivity index (χ2n) is 4.34. The molecule has 17 heavy (non-hydrogen) atoms. The van der Waals surface area contributed by atoms with Gasteiger partial charge in [0.1, 0.15) is 11.6 Å². The molecule has 1 aromatic heterocycles. The largest absolute Gasteiger partial charge is 0.368 e. The zero-order valence-electron chi connectivity index (χ0n) is 10.2. The SMILES string of the molecule is CCN(c1cc(NN)nc(N)n1)C1CCCC1. The molecule has 0 aliphatic heterocycles. The Balaban J connectivity index is 2.25. The highest BCUT2D eigenvalue weighted by atomic mass is 15.3. The van der Waals surface area contributed by atoms with Gasteiger partial charge in [0.2, 0.25) is 5.95 Å². The van der Waals surface area contributed by atoms with Crippen molar-refractivity contribution in [2.75, 3.05) is 22.6 Å². The van der Waals surface area contributed by atoms with Gasteiger partial charge in [-0.3, -0.25) is 0 Å². The fraction of sp³-hybridized carbons (Fsp3) is 0.636. The molecule has 5 N–H and O–H groups in total. The van der Waals surface area contributed by atoms with Gasteiger partial charge in [-0.15, -0.1) is 0 Å². The average molecular weight is 236 g/mol. The molecule has 0 aromatic carbocycles. The van der Waals surface area contributed by atoms with Gasteiger partial charge >= 0.3 is 0 Å². The summed E-state index contributed by atoms with van der Waals surface area (Å²) in [6.07, 6.45) is 5.04. The van der Waals surface area contributed by atoms with Crippen LogP contribution in [0.2, 0.25) is 0 Å². The number of anilines is 3. The van der Waals surface area contributed by atoms with E-state index < -0.39 is 0 Å². The molecule has 1 heterocycles. The summed E-state index contributed by atoms with van der Waals surface area (Å²) in [7, 11) is 0. The first kappa shape index (κ1) is 11.9. The standard InChI is InChI=1S/C11H20N6/c1-2-17(8-5-3-4-6-8)10-7-9(16-13)14-11(12)15-10/h7-8H,2-6,13H2,1H3,(H3,12,14,15,16). The summed E-state index contributed by atoms with van der Waals surface area (Å²) in [4.78, 5) is 10.6. The van der Waals surface area contributed by atoms with Gasteiger partial charge in [0, 0.05) is 18.7 Å². The van der Waals surface area contributed by atoms with Gasteiger partial charge in [-0.1, -0.05) is 12.8 Å². The highest BCUT2D eigenvalue weighted by Crippen LogP contribution is 2.28. The Hall–Kier alpha value is -1.56. The van der Waals surface area contributed by atoms with Crippen molar-refractivity contribution in [3.05, 3.63) is 6.07 Å². The monoisotopic (exact) mass is 236 g/mol. The molecule has 0 radical (unpaired) electrons. The molecule has 1 aliphatic rings. The van der Waals surface area contributed by atoms with E-state index in [0.717, 1.165) is 12.4 Å². The van der Waals surface area contributed by atoms with Crippen LogP contribution >= 0.6 is 0 Å². The molecule has 2 rings (SSSR count). The first-order valence-corrected chi connectivity index (χ1v) is 6.12. The predicted molar refractivity (Wildman–Crippen MR) is 69.5 cm³/mol. The lowest BCUT2D eigenvalue weighted by atomic mass is 10.2. The fourth-order valence-corrected chi connectivity index (χ4v) is 2.50. The van der Waals surface area contributed by atoms with E-state index in [9.17, 15) is 0 Å². The molecular weight excluding hydrogens is 216 g/mol. The number of nitrogens with two attached hydrogens (primary N) is 2. The number of rotatable bonds is 4. The normalized spacial score (nSPS) is 16.1. The van der Waals surface area contributed by atoms with Crippen molar-refractivity contribution in [3.8, 4) is 0 Å². The minimum Gasteiger partial charge on any atom is -0.368 e. The molecule has 0 atom stereocenters. The van der Waals surface area contributed by atoms with Crippen molar-refractivity contribution >= 4 is 17.6 Å². The Morgan fingerprint density at radius 2 is 2.12 bits per heavy atom. The highest BCUT2D eigenvalue weighted by molar-refractivity contribution is 5.52. The summed E-state index contributed by atoms with van der Waals surface area (Å²) < 4.78 is 0. The molecule has 0 bridgehead atoms. The number of nitrogen functional groups attached to an aromatic ring is 2. The molecule has 1 fully saturated rings. The maximum Gasteiger partial charge on any atom is 0.223 e. The van der Waals surface area contributed by atoms with E-state index in [1.54, 1.807) is 0 Å². The quantitative estimate of drug-likeness (QED) is 0.535. The summed E-state index contributed by atoms with van der Waals surface area (Å²) in [6.45, 7) is 3.05. The smallest absolute Gasteiger partial charge is 0.223 e. The number of hydrazine groups is 1. The van der Waals surface area contributed by atoms with Gasteiger partial charge < -0.3 is 16.1 Å². The second kappa shape index (κ2) is 5.18. The van der Waals surface area contributed by atoms with Crippen LogP contribution in [0.5, 0.6) is 0 Å². The number of nitrogens with zero attached hydrogens (tertiary/aromatic N) is 3. The van der Waals surface area contributed by atoms with Gasteiger partial charge in [-0.2, -0.15) is 9.97 Å². The minimum absolute atomic E-state index is 0.256. The summed E-state index contributed by atoms with van der Waals surface area (Å²) in [5.41, 5.74) is 8.20. The highest BCUT2D eigenvalue weighted by Gasteiger charge is 2.23. The van der Waals surface area contributed by atoms with Gasteiger partial charge in [0.05, 0.1) is 0 Å². The van der Waals surface area contributed by atoms with Crippen LogP contribution in [-0.4, -0.2) is 22.6 Å². The van der Waals surface area contributed by atoms with E-state index in [1.807, 2.05) is 6.07 Å². The van der Waals surface area contributed by atoms with Crippen molar-refractivity contribution < 1.29 is 0 Å². The molecule has 0 amide bonds. The van der Waals surface area contributed by atoms with Crippen LogP contribution in [0.15, 0.2) is 6.07 Å². The third kappa shape index (κ3) is 2.58. The summed E-state index contributed by atoms with van der Waals surface area (Å²) in [5.74, 6) is 7.04.